The number of hydrogen-bond acceptors (Lipinski definition) is 4. The van der Waals surface area contributed by atoms with E-state index in [0.29, 0.717) is 6.07 Å². The second kappa shape index (κ2) is 5.31. The van der Waals surface area contributed by atoms with Crippen molar-refractivity contribution in [1.82, 2.24) is 4.98 Å². The summed E-state index contributed by atoms with van der Waals surface area (Å²) in [5, 5.41) is 0. The highest BCUT2D eigenvalue weighted by molar-refractivity contribution is 5.93. The fourth-order valence-corrected chi connectivity index (χ4v) is 1.53. The van der Waals surface area contributed by atoms with Crippen LogP contribution in [0.25, 0.3) is 0 Å². The summed E-state index contributed by atoms with van der Waals surface area (Å²) >= 11 is 0. The van der Waals surface area contributed by atoms with Gasteiger partial charge in [0, 0.05) is 11.6 Å². The Bertz CT molecular complexity index is 687. The van der Waals surface area contributed by atoms with E-state index in [4.69, 9.17) is 16.2 Å². The van der Waals surface area contributed by atoms with E-state index in [1.807, 2.05) is 0 Å². The molecule has 0 unspecified atom stereocenters. The minimum Gasteiger partial charge on any atom is -0.455 e. The van der Waals surface area contributed by atoms with Crippen LogP contribution in [0.1, 0.15) is 16.1 Å². The van der Waals surface area contributed by atoms with Crippen LogP contribution in [0.15, 0.2) is 36.5 Å². The first kappa shape index (κ1) is 14.6. The van der Waals surface area contributed by atoms with Gasteiger partial charge in [0.15, 0.2) is 5.75 Å². The fourth-order valence-electron chi connectivity index (χ4n) is 1.53. The lowest BCUT2D eigenvalue weighted by Crippen LogP contribution is -2.11. The van der Waals surface area contributed by atoms with Crippen LogP contribution in [0.4, 0.5) is 18.9 Å². The third-order valence-electron chi connectivity index (χ3n) is 2.53. The van der Waals surface area contributed by atoms with E-state index in [0.717, 1.165) is 6.20 Å². The lowest BCUT2D eigenvalue weighted by Gasteiger charge is -2.11. The van der Waals surface area contributed by atoms with Gasteiger partial charge in [0.1, 0.15) is 11.4 Å². The molecule has 0 saturated carbocycles. The zero-order valence-corrected chi connectivity index (χ0v) is 10.5. The second-order valence-electron chi connectivity index (χ2n) is 4.10. The Morgan fingerprint density at radius 3 is 2.57 bits per heavy atom. The monoisotopic (exact) mass is 297 g/mol. The van der Waals surface area contributed by atoms with Crippen molar-refractivity contribution in [1.29, 1.82) is 0 Å². The predicted octanol–water partition coefficient (Wildman–Crippen LogP) is 2.57. The Balaban J connectivity index is 2.35. The van der Waals surface area contributed by atoms with Crippen LogP contribution in [0.2, 0.25) is 0 Å². The topological polar surface area (TPSA) is 91.2 Å². The Morgan fingerprint density at radius 1 is 1.24 bits per heavy atom. The molecular formula is C13H10F3N3O2. The van der Waals surface area contributed by atoms with Gasteiger partial charge in [-0.25, -0.2) is 4.98 Å². The normalized spacial score (nSPS) is 11.2. The SMILES string of the molecule is NC(=O)c1cccc(Oc2cc(C(F)(F)F)ncc2N)c1. The molecule has 0 saturated heterocycles. The molecule has 1 heterocycles. The van der Waals surface area contributed by atoms with Crippen LogP contribution in [0.5, 0.6) is 11.5 Å². The molecule has 2 aromatic rings. The lowest BCUT2D eigenvalue weighted by atomic mass is 10.2. The average Bonchev–Trinajstić information content (AvgIpc) is 2.40. The van der Waals surface area contributed by atoms with E-state index in [1.165, 1.54) is 24.3 Å². The van der Waals surface area contributed by atoms with Gasteiger partial charge in [0.25, 0.3) is 0 Å². The Labute approximate surface area is 117 Å². The summed E-state index contributed by atoms with van der Waals surface area (Å²) in [6.45, 7) is 0. The van der Waals surface area contributed by atoms with Crippen molar-refractivity contribution in [3.63, 3.8) is 0 Å². The van der Waals surface area contributed by atoms with Gasteiger partial charge in [0.05, 0.1) is 11.9 Å². The van der Waals surface area contributed by atoms with Crippen molar-refractivity contribution in [2.45, 2.75) is 6.18 Å². The number of pyridine rings is 1. The molecule has 110 valence electrons. The van der Waals surface area contributed by atoms with Gasteiger partial charge in [-0.2, -0.15) is 13.2 Å². The van der Waals surface area contributed by atoms with Crippen LogP contribution in [0, 0.1) is 0 Å². The molecule has 0 fully saturated rings. The molecule has 4 N–H and O–H groups in total. The summed E-state index contributed by atoms with van der Waals surface area (Å²) in [7, 11) is 0. The van der Waals surface area contributed by atoms with Gasteiger partial charge in [-0.05, 0) is 18.2 Å². The molecule has 0 bridgehead atoms. The molecule has 0 radical (unpaired) electrons. The number of nitrogen functional groups attached to an aromatic ring is 1. The minimum atomic E-state index is -4.61. The molecule has 1 aromatic carbocycles. The molecule has 1 aromatic heterocycles. The number of nitrogens with two attached hydrogens (primary N) is 2. The van der Waals surface area contributed by atoms with Gasteiger partial charge in [-0.15, -0.1) is 0 Å². The first-order valence-corrected chi connectivity index (χ1v) is 5.68. The zero-order chi connectivity index (χ0) is 15.6. The molecule has 2 rings (SSSR count). The summed E-state index contributed by atoms with van der Waals surface area (Å²) in [5.74, 6) is -0.754. The van der Waals surface area contributed by atoms with E-state index in [-0.39, 0.29) is 22.7 Å². The van der Waals surface area contributed by atoms with Crippen molar-refractivity contribution in [2.24, 2.45) is 5.73 Å². The van der Waals surface area contributed by atoms with E-state index in [1.54, 1.807) is 0 Å². The van der Waals surface area contributed by atoms with E-state index >= 15 is 0 Å². The summed E-state index contributed by atoms with van der Waals surface area (Å²) in [6, 6.07) is 6.38. The maximum Gasteiger partial charge on any atom is 0.433 e. The standard InChI is InChI=1S/C13H10F3N3O2/c14-13(15,16)11-5-10(9(17)6-19-11)21-8-3-1-2-7(4-8)12(18)20/h1-6H,17H2,(H2,18,20). The van der Waals surface area contributed by atoms with Crippen molar-refractivity contribution >= 4 is 11.6 Å². The number of hydrogen-bond donors (Lipinski definition) is 2. The van der Waals surface area contributed by atoms with Crippen LogP contribution >= 0.6 is 0 Å². The van der Waals surface area contributed by atoms with Crippen molar-refractivity contribution in [2.75, 3.05) is 5.73 Å². The minimum absolute atomic E-state index is 0.0625. The molecule has 1 amide bonds. The quantitative estimate of drug-likeness (QED) is 0.910. The number of halogens is 3. The Kier molecular flexibility index (Phi) is 3.70. The molecule has 0 atom stereocenters. The Morgan fingerprint density at radius 2 is 1.95 bits per heavy atom. The molecule has 0 aliphatic rings. The number of alkyl halides is 3. The summed E-state index contributed by atoms with van der Waals surface area (Å²) < 4.78 is 43.0. The van der Waals surface area contributed by atoms with Crippen LogP contribution in [-0.2, 0) is 6.18 Å². The fraction of sp³-hybridized carbons (Fsp3) is 0.0769. The molecule has 5 nitrogen and oxygen atoms in total. The number of carbonyl (C=O) groups excluding carboxylic acids is 1. The first-order chi connectivity index (χ1) is 9.77. The highest BCUT2D eigenvalue weighted by Crippen LogP contribution is 2.34. The Hall–Kier alpha value is -2.77. The number of rotatable bonds is 3. The molecule has 8 heteroatoms. The lowest BCUT2D eigenvalue weighted by molar-refractivity contribution is -0.141. The zero-order valence-electron chi connectivity index (χ0n) is 10.5. The molecular weight excluding hydrogens is 287 g/mol. The van der Waals surface area contributed by atoms with Crippen LogP contribution < -0.4 is 16.2 Å². The van der Waals surface area contributed by atoms with E-state index in [2.05, 4.69) is 4.98 Å². The number of aromatic nitrogens is 1. The maximum absolute atomic E-state index is 12.6. The highest BCUT2D eigenvalue weighted by Gasteiger charge is 2.33. The van der Waals surface area contributed by atoms with Gasteiger partial charge in [-0.3, -0.25) is 4.79 Å². The summed E-state index contributed by atoms with van der Waals surface area (Å²) in [4.78, 5) is 14.2. The van der Waals surface area contributed by atoms with Crippen molar-refractivity contribution in [3.8, 4) is 11.5 Å². The number of amides is 1. The number of anilines is 1. The number of carbonyl (C=O) groups is 1. The maximum atomic E-state index is 12.6. The van der Waals surface area contributed by atoms with Gasteiger partial charge < -0.3 is 16.2 Å². The number of primary amides is 1. The van der Waals surface area contributed by atoms with Crippen molar-refractivity contribution < 1.29 is 22.7 Å². The summed E-state index contributed by atoms with van der Waals surface area (Å²) in [5.41, 5.74) is 9.61. The second-order valence-corrected chi connectivity index (χ2v) is 4.10. The van der Waals surface area contributed by atoms with Gasteiger partial charge in [0.2, 0.25) is 5.91 Å². The van der Waals surface area contributed by atoms with Crippen LogP contribution in [-0.4, -0.2) is 10.9 Å². The smallest absolute Gasteiger partial charge is 0.433 e. The van der Waals surface area contributed by atoms with Gasteiger partial charge >= 0.3 is 6.18 Å². The third kappa shape index (κ3) is 3.41. The average molecular weight is 297 g/mol. The molecule has 0 aliphatic carbocycles. The molecule has 0 aliphatic heterocycles. The third-order valence-corrected chi connectivity index (χ3v) is 2.53. The summed E-state index contributed by atoms with van der Waals surface area (Å²) in [6.07, 6.45) is -3.75. The van der Waals surface area contributed by atoms with Crippen molar-refractivity contribution in [3.05, 3.63) is 47.8 Å². The van der Waals surface area contributed by atoms with E-state index in [9.17, 15) is 18.0 Å². The van der Waals surface area contributed by atoms with E-state index < -0.39 is 17.8 Å². The van der Waals surface area contributed by atoms with Gasteiger partial charge in [-0.1, -0.05) is 6.07 Å². The molecule has 21 heavy (non-hydrogen) atoms. The highest BCUT2D eigenvalue weighted by atomic mass is 19.4. The largest absolute Gasteiger partial charge is 0.455 e. The van der Waals surface area contributed by atoms with Crippen LogP contribution in [0.3, 0.4) is 0 Å². The number of ether oxygens (including phenoxy) is 1. The first-order valence-electron chi connectivity index (χ1n) is 5.68. The number of benzene rings is 1. The molecule has 0 spiro atoms. The number of nitrogens with zero attached hydrogens (tertiary/aromatic N) is 1. The predicted molar refractivity (Wildman–Crippen MR) is 68.7 cm³/mol.